The van der Waals surface area contributed by atoms with Gasteiger partial charge in [0.15, 0.2) is 0 Å². The minimum atomic E-state index is -0.884. The van der Waals surface area contributed by atoms with Crippen LogP contribution in [0.25, 0.3) is 0 Å². The van der Waals surface area contributed by atoms with Gasteiger partial charge >= 0.3 is 5.97 Å². The van der Waals surface area contributed by atoms with Gasteiger partial charge in [0, 0.05) is 11.7 Å². The maximum Gasteiger partial charge on any atom is 0.337 e. The molecule has 0 aliphatic rings. The molecule has 94 valence electrons. The van der Waals surface area contributed by atoms with Crippen LogP contribution >= 0.6 is 0 Å². The Morgan fingerprint density at radius 2 is 1.88 bits per heavy atom. The van der Waals surface area contributed by atoms with Crippen LogP contribution in [-0.4, -0.2) is 17.1 Å². The van der Waals surface area contributed by atoms with E-state index in [-0.39, 0.29) is 6.04 Å². The number of anilines is 1. The molecule has 0 saturated heterocycles. The number of benzene rings is 1. The number of hydrogen-bond acceptors (Lipinski definition) is 2. The molecule has 2 N–H and O–H groups in total. The molecule has 3 nitrogen and oxygen atoms in total. The van der Waals surface area contributed by atoms with Gasteiger partial charge in [0.1, 0.15) is 0 Å². The molecular weight excluding hydrogens is 214 g/mol. The second kappa shape index (κ2) is 6.28. The summed E-state index contributed by atoms with van der Waals surface area (Å²) in [5, 5.41) is 12.4. The van der Waals surface area contributed by atoms with Crippen LogP contribution in [0.2, 0.25) is 0 Å². The highest BCUT2D eigenvalue weighted by molar-refractivity contribution is 5.94. The molecule has 0 amide bonds. The second-order valence-electron chi connectivity index (χ2n) is 4.36. The van der Waals surface area contributed by atoms with Crippen LogP contribution in [0.1, 0.15) is 44.0 Å². The summed E-state index contributed by atoms with van der Waals surface area (Å²) in [5.41, 5.74) is 1.05. The maximum atomic E-state index is 11.1. The van der Waals surface area contributed by atoms with Crippen LogP contribution < -0.4 is 5.32 Å². The van der Waals surface area contributed by atoms with E-state index in [1.807, 2.05) is 12.1 Å². The van der Waals surface area contributed by atoms with E-state index in [9.17, 15) is 4.79 Å². The van der Waals surface area contributed by atoms with Crippen LogP contribution in [0.15, 0.2) is 24.3 Å². The van der Waals surface area contributed by atoms with Gasteiger partial charge in [0.25, 0.3) is 0 Å². The SMILES string of the molecule is CCC(CC)C(C)Nc1ccccc1C(=O)O. The van der Waals surface area contributed by atoms with Gasteiger partial charge in [-0.15, -0.1) is 0 Å². The van der Waals surface area contributed by atoms with Gasteiger partial charge < -0.3 is 10.4 Å². The van der Waals surface area contributed by atoms with E-state index in [1.165, 1.54) is 0 Å². The number of para-hydroxylation sites is 1. The summed E-state index contributed by atoms with van der Waals surface area (Å²) in [7, 11) is 0. The zero-order valence-corrected chi connectivity index (χ0v) is 10.7. The zero-order valence-electron chi connectivity index (χ0n) is 10.7. The standard InChI is InChI=1S/C14H21NO2/c1-4-11(5-2)10(3)15-13-9-7-6-8-12(13)14(16)17/h6-11,15H,4-5H2,1-3H3,(H,16,17). The van der Waals surface area contributed by atoms with Crippen LogP contribution in [0.4, 0.5) is 5.69 Å². The largest absolute Gasteiger partial charge is 0.478 e. The van der Waals surface area contributed by atoms with Crippen molar-refractivity contribution in [2.45, 2.75) is 39.7 Å². The van der Waals surface area contributed by atoms with Crippen molar-refractivity contribution in [3.05, 3.63) is 29.8 Å². The summed E-state index contributed by atoms with van der Waals surface area (Å²) in [4.78, 5) is 11.1. The number of carboxylic acid groups (broad SMARTS) is 1. The molecule has 1 rings (SSSR count). The van der Waals surface area contributed by atoms with Gasteiger partial charge in [-0.05, 0) is 25.0 Å². The Kier molecular flexibility index (Phi) is 5.01. The summed E-state index contributed by atoms with van der Waals surface area (Å²) < 4.78 is 0. The van der Waals surface area contributed by atoms with Gasteiger partial charge in [-0.2, -0.15) is 0 Å². The predicted molar refractivity (Wildman–Crippen MR) is 70.6 cm³/mol. The molecule has 0 aliphatic carbocycles. The Hall–Kier alpha value is -1.51. The lowest BCUT2D eigenvalue weighted by Gasteiger charge is -2.24. The molecule has 0 heterocycles. The quantitative estimate of drug-likeness (QED) is 0.791. The lowest BCUT2D eigenvalue weighted by Crippen LogP contribution is -2.26. The minimum absolute atomic E-state index is 0.283. The van der Waals surface area contributed by atoms with Crippen LogP contribution in [-0.2, 0) is 0 Å². The Labute approximate surface area is 103 Å². The van der Waals surface area contributed by atoms with E-state index < -0.39 is 5.97 Å². The summed E-state index contributed by atoms with van der Waals surface area (Å²) in [6.45, 7) is 6.43. The Bertz CT molecular complexity index is 372. The van der Waals surface area contributed by atoms with Gasteiger partial charge in [-0.25, -0.2) is 4.79 Å². The normalized spacial score (nSPS) is 12.5. The fourth-order valence-electron chi connectivity index (χ4n) is 2.15. The van der Waals surface area contributed by atoms with E-state index in [1.54, 1.807) is 12.1 Å². The van der Waals surface area contributed by atoms with Gasteiger partial charge in [0.2, 0.25) is 0 Å². The van der Waals surface area contributed by atoms with Crippen molar-refractivity contribution >= 4 is 11.7 Å². The summed E-state index contributed by atoms with van der Waals surface area (Å²) in [6.07, 6.45) is 2.19. The van der Waals surface area contributed by atoms with Crippen molar-refractivity contribution in [2.75, 3.05) is 5.32 Å². The van der Waals surface area contributed by atoms with Crippen molar-refractivity contribution < 1.29 is 9.90 Å². The molecule has 1 aromatic carbocycles. The first-order valence-corrected chi connectivity index (χ1v) is 6.19. The van der Waals surface area contributed by atoms with Crippen molar-refractivity contribution in [3.8, 4) is 0 Å². The molecule has 0 spiro atoms. The molecule has 0 bridgehead atoms. The number of nitrogens with one attached hydrogen (secondary N) is 1. The maximum absolute atomic E-state index is 11.1. The first-order chi connectivity index (χ1) is 8.10. The molecule has 0 fully saturated rings. The fraction of sp³-hybridized carbons (Fsp3) is 0.500. The van der Waals surface area contributed by atoms with E-state index in [2.05, 4.69) is 26.1 Å². The fourth-order valence-corrected chi connectivity index (χ4v) is 2.15. The highest BCUT2D eigenvalue weighted by Gasteiger charge is 2.16. The Morgan fingerprint density at radius 1 is 1.29 bits per heavy atom. The monoisotopic (exact) mass is 235 g/mol. The third kappa shape index (κ3) is 3.48. The highest BCUT2D eigenvalue weighted by Crippen LogP contribution is 2.21. The van der Waals surface area contributed by atoms with Crippen LogP contribution in [0.5, 0.6) is 0 Å². The molecule has 3 heteroatoms. The topological polar surface area (TPSA) is 49.3 Å². The first kappa shape index (κ1) is 13.6. The van der Waals surface area contributed by atoms with Gasteiger partial charge in [-0.1, -0.05) is 38.8 Å². The van der Waals surface area contributed by atoms with Gasteiger partial charge in [-0.3, -0.25) is 0 Å². The summed E-state index contributed by atoms with van der Waals surface area (Å²) in [5.74, 6) is -0.318. The third-order valence-corrected chi connectivity index (χ3v) is 3.30. The number of rotatable bonds is 6. The Balaban J connectivity index is 2.84. The zero-order chi connectivity index (χ0) is 12.8. The van der Waals surface area contributed by atoms with E-state index in [0.717, 1.165) is 12.8 Å². The minimum Gasteiger partial charge on any atom is -0.478 e. The average molecular weight is 235 g/mol. The van der Waals surface area contributed by atoms with E-state index in [0.29, 0.717) is 17.2 Å². The van der Waals surface area contributed by atoms with E-state index >= 15 is 0 Å². The van der Waals surface area contributed by atoms with Crippen molar-refractivity contribution in [1.82, 2.24) is 0 Å². The van der Waals surface area contributed by atoms with Crippen molar-refractivity contribution in [1.29, 1.82) is 0 Å². The number of aromatic carboxylic acids is 1. The average Bonchev–Trinajstić information content (AvgIpc) is 2.31. The highest BCUT2D eigenvalue weighted by atomic mass is 16.4. The predicted octanol–water partition coefficient (Wildman–Crippen LogP) is 3.62. The van der Waals surface area contributed by atoms with Crippen LogP contribution in [0, 0.1) is 5.92 Å². The molecule has 1 aromatic rings. The summed E-state index contributed by atoms with van der Waals surface area (Å²) >= 11 is 0. The number of carbonyl (C=O) groups is 1. The molecule has 0 aromatic heterocycles. The third-order valence-electron chi connectivity index (χ3n) is 3.30. The van der Waals surface area contributed by atoms with Crippen LogP contribution in [0.3, 0.4) is 0 Å². The molecule has 1 unspecified atom stereocenters. The smallest absolute Gasteiger partial charge is 0.337 e. The molecular formula is C14H21NO2. The lowest BCUT2D eigenvalue weighted by molar-refractivity contribution is 0.0698. The molecule has 1 atom stereocenters. The summed E-state index contributed by atoms with van der Waals surface area (Å²) in [6, 6.07) is 7.34. The molecule has 0 radical (unpaired) electrons. The Morgan fingerprint density at radius 3 is 2.41 bits per heavy atom. The van der Waals surface area contributed by atoms with Crippen molar-refractivity contribution in [3.63, 3.8) is 0 Å². The first-order valence-electron chi connectivity index (χ1n) is 6.19. The van der Waals surface area contributed by atoms with Crippen molar-refractivity contribution in [2.24, 2.45) is 5.92 Å². The molecule has 0 aliphatic heterocycles. The van der Waals surface area contributed by atoms with Gasteiger partial charge in [0.05, 0.1) is 5.56 Å². The molecule has 0 saturated carbocycles. The number of hydrogen-bond donors (Lipinski definition) is 2. The van der Waals surface area contributed by atoms with E-state index in [4.69, 9.17) is 5.11 Å². The second-order valence-corrected chi connectivity index (χ2v) is 4.36. The molecule has 17 heavy (non-hydrogen) atoms. The lowest BCUT2D eigenvalue weighted by atomic mass is 9.95. The number of carboxylic acids is 1.